The summed E-state index contributed by atoms with van der Waals surface area (Å²) < 4.78 is 68.5. The molecule has 100 heavy (non-hydrogen) atoms. The number of rotatable bonds is 74. The average Bonchev–Trinajstić information content (AvgIpc) is 1.06. The van der Waals surface area contributed by atoms with Crippen molar-refractivity contribution in [1.29, 1.82) is 0 Å². The van der Waals surface area contributed by atoms with Crippen molar-refractivity contribution in [2.24, 2.45) is 0 Å². The van der Waals surface area contributed by atoms with Crippen LogP contribution in [-0.2, 0) is 65.4 Å². The molecule has 0 aromatic rings. The molecule has 0 heterocycles. The van der Waals surface area contributed by atoms with Gasteiger partial charge in [0.1, 0.15) is 19.3 Å². The molecule has 0 saturated heterocycles. The summed E-state index contributed by atoms with van der Waals surface area (Å²) in [4.78, 5) is 72.9. The van der Waals surface area contributed by atoms with E-state index in [4.69, 9.17) is 37.0 Å². The standard InChI is InChI=1S/C81H142O17P2/c1-5-9-13-17-21-25-29-33-36-37-40-43-46-50-54-58-62-66-79(84)92-72-77(98-81(86)68-64-60-56-52-48-44-39-35-31-27-23-19-15-11-7-3)74-96-100(89,90)94-70-75(82)69-93-99(87,88)95-73-76(97-80(85)67-63-59-55-51-47-41-32-28-24-20-16-12-8-4)71-91-78(83)65-61-57-53-49-45-42-38-34-30-26-22-18-14-10-6-2/h9,13,16,20-21,23,25,27-28,32-33,35-36,39-40,43,75-77,82H,5-8,10-12,14-15,17-19,22,24,26,29-31,34,37-38,41-42,44-74H2,1-4H3,(H,87,88)(H,89,90)/b13-9-,20-16-,25-21-,27-23-,32-28-,36-33-,39-35-,43-40-. The molecule has 3 N–H and O–H groups in total. The number of carbonyl (C=O) groups is 4. The lowest BCUT2D eigenvalue weighted by atomic mass is 10.0. The zero-order valence-corrected chi connectivity index (χ0v) is 64.9. The van der Waals surface area contributed by atoms with Gasteiger partial charge in [0.05, 0.1) is 26.4 Å². The summed E-state index contributed by atoms with van der Waals surface area (Å²) in [6.45, 7) is 4.65. The second kappa shape index (κ2) is 73.3. The number of hydrogen-bond donors (Lipinski definition) is 3. The molecule has 0 radical (unpaired) electrons. The molecular formula is C81H142O17P2. The first kappa shape index (κ1) is 96.0. The number of carbonyl (C=O) groups excluding carboxylic acids is 4. The van der Waals surface area contributed by atoms with Crippen LogP contribution in [0.4, 0.5) is 0 Å². The normalized spacial score (nSPS) is 14.4. The van der Waals surface area contributed by atoms with Crippen molar-refractivity contribution < 1.29 is 80.2 Å². The summed E-state index contributed by atoms with van der Waals surface area (Å²) in [5, 5.41) is 10.6. The quantitative estimate of drug-likeness (QED) is 0.0169. The maximum absolute atomic E-state index is 13.1. The predicted octanol–water partition coefficient (Wildman–Crippen LogP) is 22.8. The van der Waals surface area contributed by atoms with E-state index in [-0.39, 0.29) is 25.7 Å². The Morgan fingerprint density at radius 3 is 0.860 bits per heavy atom. The highest BCUT2D eigenvalue weighted by molar-refractivity contribution is 7.47. The van der Waals surface area contributed by atoms with Gasteiger partial charge in [-0.2, -0.15) is 0 Å². The number of hydrogen-bond acceptors (Lipinski definition) is 15. The number of phosphoric acid groups is 2. The highest BCUT2D eigenvalue weighted by Crippen LogP contribution is 2.45. The molecule has 578 valence electrons. The van der Waals surface area contributed by atoms with Crippen LogP contribution < -0.4 is 0 Å². The maximum Gasteiger partial charge on any atom is 0.472 e. The highest BCUT2D eigenvalue weighted by atomic mass is 31.2. The van der Waals surface area contributed by atoms with Crippen LogP contribution in [-0.4, -0.2) is 96.7 Å². The minimum absolute atomic E-state index is 0.0730. The van der Waals surface area contributed by atoms with Crippen molar-refractivity contribution in [3.63, 3.8) is 0 Å². The fourth-order valence-electron chi connectivity index (χ4n) is 10.5. The zero-order chi connectivity index (χ0) is 73.2. The van der Waals surface area contributed by atoms with Crippen molar-refractivity contribution in [3.8, 4) is 0 Å². The first-order valence-electron chi connectivity index (χ1n) is 39.5. The van der Waals surface area contributed by atoms with E-state index in [0.717, 1.165) is 167 Å². The van der Waals surface area contributed by atoms with Crippen molar-refractivity contribution in [3.05, 3.63) is 97.2 Å². The lowest BCUT2D eigenvalue weighted by Crippen LogP contribution is -2.30. The van der Waals surface area contributed by atoms with Gasteiger partial charge in [0.15, 0.2) is 12.2 Å². The third-order valence-electron chi connectivity index (χ3n) is 16.5. The molecule has 5 unspecified atom stereocenters. The minimum Gasteiger partial charge on any atom is -0.462 e. The third-order valence-corrected chi connectivity index (χ3v) is 18.4. The Morgan fingerprint density at radius 1 is 0.290 bits per heavy atom. The molecule has 0 aliphatic rings. The third kappa shape index (κ3) is 72.3. The van der Waals surface area contributed by atoms with E-state index in [1.807, 2.05) is 0 Å². The number of esters is 4. The van der Waals surface area contributed by atoms with E-state index in [2.05, 4.69) is 125 Å². The van der Waals surface area contributed by atoms with Gasteiger partial charge in [0.2, 0.25) is 0 Å². The Hall–Kier alpha value is -4.02. The molecule has 19 heteroatoms. The summed E-state index contributed by atoms with van der Waals surface area (Å²) in [6.07, 6.45) is 76.7. The lowest BCUT2D eigenvalue weighted by molar-refractivity contribution is -0.161. The molecule has 0 fully saturated rings. The first-order valence-corrected chi connectivity index (χ1v) is 42.5. The number of unbranched alkanes of at least 4 members (excludes halogenated alkanes) is 32. The number of aliphatic hydroxyl groups is 1. The van der Waals surface area contributed by atoms with Gasteiger partial charge in [-0.1, -0.05) is 285 Å². The fourth-order valence-corrected chi connectivity index (χ4v) is 12.1. The molecule has 0 bridgehead atoms. The Labute approximate surface area is 607 Å². The molecule has 0 spiro atoms. The van der Waals surface area contributed by atoms with Gasteiger partial charge >= 0.3 is 39.5 Å². The Kier molecular flexibility index (Phi) is 70.4. The predicted molar refractivity (Wildman–Crippen MR) is 409 cm³/mol. The Morgan fingerprint density at radius 2 is 0.540 bits per heavy atom. The monoisotopic (exact) mass is 1450 g/mol. The summed E-state index contributed by atoms with van der Waals surface area (Å²) >= 11 is 0. The zero-order valence-electron chi connectivity index (χ0n) is 63.1. The number of allylic oxidation sites excluding steroid dienone is 16. The van der Waals surface area contributed by atoms with Gasteiger partial charge in [-0.15, -0.1) is 0 Å². The van der Waals surface area contributed by atoms with Crippen molar-refractivity contribution in [2.75, 3.05) is 39.6 Å². The van der Waals surface area contributed by atoms with Gasteiger partial charge < -0.3 is 33.8 Å². The molecule has 0 aliphatic heterocycles. The van der Waals surface area contributed by atoms with Gasteiger partial charge in [-0.3, -0.25) is 37.3 Å². The molecular weight excluding hydrogens is 1310 g/mol. The van der Waals surface area contributed by atoms with Crippen LogP contribution in [0, 0.1) is 0 Å². The number of aliphatic hydroxyl groups excluding tert-OH is 1. The Bertz CT molecular complexity index is 2270. The van der Waals surface area contributed by atoms with Crippen LogP contribution in [0.15, 0.2) is 97.2 Å². The molecule has 0 saturated carbocycles. The van der Waals surface area contributed by atoms with E-state index in [0.29, 0.717) is 25.7 Å². The minimum atomic E-state index is -4.98. The summed E-state index contributed by atoms with van der Waals surface area (Å²) in [5.41, 5.74) is 0. The largest absolute Gasteiger partial charge is 0.472 e. The van der Waals surface area contributed by atoms with Crippen molar-refractivity contribution in [2.45, 2.75) is 354 Å². The van der Waals surface area contributed by atoms with Crippen LogP contribution in [0.2, 0.25) is 0 Å². The molecule has 0 amide bonds. The van der Waals surface area contributed by atoms with E-state index in [9.17, 15) is 43.2 Å². The van der Waals surface area contributed by atoms with E-state index in [1.54, 1.807) is 0 Å². The van der Waals surface area contributed by atoms with Gasteiger partial charge in [-0.05, 0) is 122 Å². The second-order valence-electron chi connectivity index (χ2n) is 26.3. The van der Waals surface area contributed by atoms with Crippen LogP contribution in [0.3, 0.4) is 0 Å². The molecule has 0 aromatic heterocycles. The maximum atomic E-state index is 13.1. The first-order chi connectivity index (χ1) is 48.7. The topological polar surface area (TPSA) is 237 Å². The van der Waals surface area contributed by atoms with Crippen molar-refractivity contribution in [1.82, 2.24) is 0 Å². The summed E-state index contributed by atoms with van der Waals surface area (Å²) in [5.74, 6) is -2.21. The van der Waals surface area contributed by atoms with E-state index in [1.165, 1.54) is 89.9 Å². The lowest BCUT2D eigenvalue weighted by Gasteiger charge is -2.21. The second-order valence-corrected chi connectivity index (χ2v) is 29.2. The number of ether oxygens (including phenoxy) is 4. The summed E-state index contributed by atoms with van der Waals surface area (Å²) in [6, 6.07) is 0. The Balaban J connectivity index is 5.37. The smallest absolute Gasteiger partial charge is 0.462 e. The highest BCUT2D eigenvalue weighted by Gasteiger charge is 2.30. The average molecular weight is 1450 g/mol. The van der Waals surface area contributed by atoms with Gasteiger partial charge in [0.25, 0.3) is 0 Å². The fraction of sp³-hybridized carbons (Fsp3) is 0.753. The van der Waals surface area contributed by atoms with Crippen molar-refractivity contribution >= 4 is 39.5 Å². The van der Waals surface area contributed by atoms with Gasteiger partial charge in [0, 0.05) is 25.7 Å². The molecule has 0 aliphatic carbocycles. The van der Waals surface area contributed by atoms with Crippen LogP contribution in [0.1, 0.15) is 336 Å². The number of phosphoric ester groups is 2. The molecule has 17 nitrogen and oxygen atoms in total. The van der Waals surface area contributed by atoms with E-state index >= 15 is 0 Å². The van der Waals surface area contributed by atoms with Crippen LogP contribution in [0.25, 0.3) is 0 Å². The van der Waals surface area contributed by atoms with Gasteiger partial charge in [-0.25, -0.2) is 9.13 Å². The molecule has 0 rings (SSSR count). The molecule has 0 aromatic carbocycles. The summed E-state index contributed by atoms with van der Waals surface area (Å²) in [7, 11) is -9.96. The van der Waals surface area contributed by atoms with Crippen LogP contribution >= 0.6 is 15.6 Å². The van der Waals surface area contributed by atoms with Crippen LogP contribution in [0.5, 0.6) is 0 Å². The molecule has 5 atom stereocenters. The van der Waals surface area contributed by atoms with E-state index < -0.39 is 97.5 Å². The SMILES string of the molecule is CC/C=C\C/C=C\C/C=C\C/C=C\CCCCCCC(=O)OCC(COP(=O)(O)OCC(O)COP(=O)(O)OCC(COC(=O)CCCCCCCCCCCCCCCCC)OC(=O)CCCCCCC/C=C\C/C=C\CCC)OC(=O)CCCCCCC/C=C\C/C=C\CCCCC.